The molecule has 0 aliphatic carbocycles. The molecule has 2 rings (SSSR count). The first kappa shape index (κ1) is 14.3. The van der Waals surface area contributed by atoms with Crippen molar-refractivity contribution < 1.29 is 0 Å². The van der Waals surface area contributed by atoms with Crippen LogP contribution in [-0.2, 0) is 6.54 Å². The Kier molecular flexibility index (Phi) is 6.08. The van der Waals surface area contributed by atoms with Gasteiger partial charge in [0.1, 0.15) is 0 Å². The van der Waals surface area contributed by atoms with E-state index in [1.54, 1.807) is 11.3 Å². The summed E-state index contributed by atoms with van der Waals surface area (Å²) in [6, 6.07) is 15.4. The van der Waals surface area contributed by atoms with Crippen molar-refractivity contribution in [2.24, 2.45) is 0 Å². The van der Waals surface area contributed by atoms with Crippen LogP contribution >= 0.6 is 11.3 Å². The van der Waals surface area contributed by atoms with Gasteiger partial charge in [-0.15, -0.1) is 11.3 Å². The normalized spacial score (nSPS) is 12.5. The van der Waals surface area contributed by atoms with Crippen LogP contribution in [0.4, 0.5) is 0 Å². The van der Waals surface area contributed by atoms with Gasteiger partial charge in [-0.1, -0.05) is 43.3 Å². The second kappa shape index (κ2) is 8.10. The van der Waals surface area contributed by atoms with E-state index < -0.39 is 0 Å². The largest absolute Gasteiger partial charge is 0.311 e. The Hall–Kier alpha value is -1.16. The van der Waals surface area contributed by atoms with E-state index in [0.717, 1.165) is 26.1 Å². The fourth-order valence-corrected chi connectivity index (χ4v) is 2.82. The predicted octanol–water partition coefficient (Wildman–Crippen LogP) is 3.58. The number of nitrogens with one attached hydrogen (secondary N) is 2. The molecule has 1 atom stereocenters. The molecule has 0 fully saturated rings. The molecule has 1 unspecified atom stereocenters. The molecule has 3 heteroatoms. The van der Waals surface area contributed by atoms with Gasteiger partial charge in [-0.05, 0) is 23.4 Å². The van der Waals surface area contributed by atoms with Gasteiger partial charge in [0.25, 0.3) is 0 Å². The molecule has 0 saturated heterocycles. The summed E-state index contributed by atoms with van der Waals surface area (Å²) in [5, 5.41) is 9.20. The summed E-state index contributed by atoms with van der Waals surface area (Å²) >= 11 is 1.81. The molecule has 1 aromatic carbocycles. The highest BCUT2D eigenvalue weighted by molar-refractivity contribution is 7.09. The first-order valence-corrected chi connectivity index (χ1v) is 7.79. The van der Waals surface area contributed by atoms with E-state index >= 15 is 0 Å². The van der Waals surface area contributed by atoms with Crippen molar-refractivity contribution in [3.05, 3.63) is 58.3 Å². The number of benzene rings is 1. The van der Waals surface area contributed by atoms with E-state index in [4.69, 9.17) is 0 Å². The summed E-state index contributed by atoms with van der Waals surface area (Å²) in [6.07, 6.45) is 1.12. The van der Waals surface area contributed by atoms with Crippen molar-refractivity contribution >= 4 is 11.3 Å². The van der Waals surface area contributed by atoms with Crippen molar-refractivity contribution in [2.45, 2.75) is 25.9 Å². The molecule has 1 heterocycles. The standard InChI is InChI=1S/C16H22N2S/c1-2-16(14-7-4-3-5-8-14)18-11-10-17-13-15-9-6-12-19-15/h3-9,12,16-18H,2,10-11,13H2,1H3. The summed E-state index contributed by atoms with van der Waals surface area (Å²) in [7, 11) is 0. The van der Waals surface area contributed by atoms with Gasteiger partial charge in [0.2, 0.25) is 0 Å². The number of rotatable bonds is 8. The van der Waals surface area contributed by atoms with Crippen molar-refractivity contribution in [1.82, 2.24) is 10.6 Å². The summed E-state index contributed by atoms with van der Waals surface area (Å²) < 4.78 is 0. The minimum atomic E-state index is 0.463. The molecule has 0 bridgehead atoms. The maximum absolute atomic E-state index is 3.61. The second-order valence-corrected chi connectivity index (χ2v) is 5.61. The number of thiophene rings is 1. The lowest BCUT2D eigenvalue weighted by molar-refractivity contribution is 0.505. The summed E-state index contributed by atoms with van der Waals surface area (Å²) in [5.74, 6) is 0. The molecule has 0 spiro atoms. The van der Waals surface area contributed by atoms with Gasteiger partial charge in [0.05, 0.1) is 0 Å². The van der Waals surface area contributed by atoms with Crippen LogP contribution in [0, 0.1) is 0 Å². The zero-order valence-corrected chi connectivity index (χ0v) is 12.2. The molecule has 1 aromatic heterocycles. The van der Waals surface area contributed by atoms with Gasteiger partial charge in [-0.25, -0.2) is 0 Å². The predicted molar refractivity (Wildman–Crippen MR) is 83.5 cm³/mol. The third kappa shape index (κ3) is 4.78. The van der Waals surface area contributed by atoms with Gasteiger partial charge in [-0.2, -0.15) is 0 Å². The van der Waals surface area contributed by atoms with E-state index in [2.05, 4.69) is 65.4 Å². The number of hydrogen-bond donors (Lipinski definition) is 2. The van der Waals surface area contributed by atoms with Gasteiger partial charge in [0, 0.05) is 30.6 Å². The molecular weight excluding hydrogens is 252 g/mol. The fraction of sp³-hybridized carbons (Fsp3) is 0.375. The van der Waals surface area contributed by atoms with E-state index in [1.165, 1.54) is 10.4 Å². The molecular formula is C16H22N2S. The first-order chi connectivity index (χ1) is 9.40. The van der Waals surface area contributed by atoms with E-state index in [0.29, 0.717) is 6.04 Å². The summed E-state index contributed by atoms with van der Waals surface area (Å²) in [5.41, 5.74) is 1.38. The molecule has 0 saturated carbocycles. The Morgan fingerprint density at radius 1 is 1.05 bits per heavy atom. The molecule has 102 valence electrons. The fourth-order valence-electron chi connectivity index (χ4n) is 2.14. The van der Waals surface area contributed by atoms with Crippen LogP contribution in [0.15, 0.2) is 47.8 Å². The molecule has 0 aliphatic heterocycles. The van der Waals surface area contributed by atoms with Gasteiger partial charge in [-0.3, -0.25) is 0 Å². The van der Waals surface area contributed by atoms with Crippen molar-refractivity contribution in [3.8, 4) is 0 Å². The molecule has 0 aliphatic rings. The Bertz CT molecular complexity index is 439. The van der Waals surface area contributed by atoms with Crippen LogP contribution in [-0.4, -0.2) is 13.1 Å². The second-order valence-electron chi connectivity index (χ2n) is 4.58. The van der Waals surface area contributed by atoms with Crippen LogP contribution in [0.5, 0.6) is 0 Å². The highest BCUT2D eigenvalue weighted by atomic mass is 32.1. The third-order valence-corrected chi connectivity index (χ3v) is 4.06. The van der Waals surface area contributed by atoms with Crippen LogP contribution < -0.4 is 10.6 Å². The zero-order chi connectivity index (χ0) is 13.3. The minimum absolute atomic E-state index is 0.463. The van der Waals surface area contributed by atoms with Gasteiger partial charge < -0.3 is 10.6 Å². The average Bonchev–Trinajstić information content (AvgIpc) is 2.97. The van der Waals surface area contributed by atoms with Crippen LogP contribution in [0.2, 0.25) is 0 Å². The monoisotopic (exact) mass is 274 g/mol. The topological polar surface area (TPSA) is 24.1 Å². The van der Waals surface area contributed by atoms with Crippen LogP contribution in [0.3, 0.4) is 0 Å². The molecule has 2 nitrogen and oxygen atoms in total. The molecule has 0 amide bonds. The van der Waals surface area contributed by atoms with E-state index in [9.17, 15) is 0 Å². The van der Waals surface area contributed by atoms with Gasteiger partial charge >= 0.3 is 0 Å². The quantitative estimate of drug-likeness (QED) is 0.719. The Morgan fingerprint density at radius 2 is 1.89 bits per heavy atom. The molecule has 2 N–H and O–H groups in total. The lowest BCUT2D eigenvalue weighted by Crippen LogP contribution is -2.29. The third-order valence-electron chi connectivity index (χ3n) is 3.18. The Morgan fingerprint density at radius 3 is 2.58 bits per heavy atom. The smallest absolute Gasteiger partial charge is 0.0318 e. The zero-order valence-electron chi connectivity index (χ0n) is 11.4. The lowest BCUT2D eigenvalue weighted by atomic mass is 10.0. The van der Waals surface area contributed by atoms with E-state index in [-0.39, 0.29) is 0 Å². The SMILES string of the molecule is CCC(NCCNCc1cccs1)c1ccccc1. The van der Waals surface area contributed by atoms with Crippen LogP contribution in [0.25, 0.3) is 0 Å². The lowest BCUT2D eigenvalue weighted by Gasteiger charge is -2.17. The van der Waals surface area contributed by atoms with Crippen molar-refractivity contribution in [1.29, 1.82) is 0 Å². The van der Waals surface area contributed by atoms with E-state index in [1.807, 2.05) is 0 Å². The van der Waals surface area contributed by atoms with Crippen LogP contribution in [0.1, 0.15) is 29.8 Å². The highest BCUT2D eigenvalue weighted by Crippen LogP contribution is 2.15. The molecule has 19 heavy (non-hydrogen) atoms. The molecule has 0 radical (unpaired) electrons. The minimum Gasteiger partial charge on any atom is -0.311 e. The number of hydrogen-bond acceptors (Lipinski definition) is 3. The maximum Gasteiger partial charge on any atom is 0.0318 e. The highest BCUT2D eigenvalue weighted by Gasteiger charge is 2.06. The van der Waals surface area contributed by atoms with Crippen molar-refractivity contribution in [3.63, 3.8) is 0 Å². The van der Waals surface area contributed by atoms with Crippen molar-refractivity contribution in [2.75, 3.05) is 13.1 Å². The average molecular weight is 274 g/mol. The summed E-state index contributed by atoms with van der Waals surface area (Å²) in [4.78, 5) is 1.40. The Balaban J connectivity index is 1.66. The molecule has 2 aromatic rings. The Labute approximate surface area is 119 Å². The van der Waals surface area contributed by atoms with Gasteiger partial charge in [0.15, 0.2) is 0 Å². The maximum atomic E-state index is 3.61. The first-order valence-electron chi connectivity index (χ1n) is 6.91. The summed E-state index contributed by atoms with van der Waals surface area (Å²) in [6.45, 7) is 5.20.